The Kier molecular flexibility index (Phi) is 5.36. The Balaban J connectivity index is 2.57. The van der Waals surface area contributed by atoms with Gasteiger partial charge < -0.3 is 0 Å². The summed E-state index contributed by atoms with van der Waals surface area (Å²) >= 11 is 0. The van der Waals surface area contributed by atoms with Gasteiger partial charge in [-0.25, -0.2) is 18.4 Å². The molecule has 1 amide bonds. The predicted octanol–water partition coefficient (Wildman–Crippen LogP) is 2.87. The summed E-state index contributed by atoms with van der Waals surface area (Å²) in [5, 5.41) is 0. The molecule has 2 aromatic heterocycles. The molecule has 0 radical (unpaired) electrons. The van der Waals surface area contributed by atoms with E-state index < -0.39 is 43.8 Å². The van der Waals surface area contributed by atoms with Crippen LogP contribution in [0.3, 0.4) is 0 Å². The molecule has 2 rings (SSSR count). The lowest BCUT2D eigenvalue weighted by Crippen LogP contribution is -2.30. The smallest absolute Gasteiger partial charge is 0.294 e. The number of halogens is 3. The van der Waals surface area contributed by atoms with Crippen LogP contribution < -0.4 is 4.90 Å². The van der Waals surface area contributed by atoms with Crippen molar-refractivity contribution in [3.63, 3.8) is 0 Å². The molecular weight excluding hydrogens is 371 g/mol. The van der Waals surface area contributed by atoms with Crippen molar-refractivity contribution in [2.24, 2.45) is 0 Å². The zero-order chi connectivity index (χ0) is 19.7. The van der Waals surface area contributed by atoms with E-state index in [1.54, 1.807) is 13.0 Å². The molecule has 26 heavy (non-hydrogen) atoms. The second-order valence-corrected chi connectivity index (χ2v) is 7.78. The van der Waals surface area contributed by atoms with Gasteiger partial charge in [0.15, 0.2) is 9.84 Å². The average molecular weight is 387 g/mol. The Bertz CT molecular complexity index is 926. The summed E-state index contributed by atoms with van der Waals surface area (Å²) in [5.74, 6) is -1.13. The number of sulfone groups is 1. The number of hydrogen-bond donors (Lipinski definition) is 0. The Morgan fingerprint density at radius 3 is 2.35 bits per heavy atom. The molecular formula is C16H16F3N3O3S. The number of hydrogen-bond acceptors (Lipinski definition) is 5. The summed E-state index contributed by atoms with van der Waals surface area (Å²) in [7, 11) is -2.77. The van der Waals surface area contributed by atoms with Gasteiger partial charge in [-0.3, -0.25) is 9.69 Å². The van der Waals surface area contributed by atoms with E-state index >= 15 is 0 Å². The van der Waals surface area contributed by atoms with Crippen molar-refractivity contribution in [1.82, 2.24) is 9.97 Å². The van der Waals surface area contributed by atoms with Crippen LogP contribution in [0.1, 0.15) is 28.5 Å². The molecule has 10 heteroatoms. The van der Waals surface area contributed by atoms with Gasteiger partial charge in [0.2, 0.25) is 0 Å². The Labute approximate surface area is 148 Å². The molecule has 0 unspecified atom stereocenters. The maximum Gasteiger partial charge on any atom is 0.417 e. The van der Waals surface area contributed by atoms with Crippen LogP contribution in [-0.2, 0) is 16.0 Å². The molecule has 0 saturated carbocycles. The van der Waals surface area contributed by atoms with Crippen LogP contribution in [0, 0.1) is 6.92 Å². The van der Waals surface area contributed by atoms with Crippen molar-refractivity contribution in [1.29, 1.82) is 0 Å². The summed E-state index contributed by atoms with van der Waals surface area (Å²) in [5.41, 5.74) is -0.974. The van der Waals surface area contributed by atoms with Crippen LogP contribution in [-0.4, -0.2) is 37.1 Å². The number of nitrogens with zero attached hydrogens (tertiary/aromatic N) is 3. The van der Waals surface area contributed by atoms with E-state index in [1.807, 2.05) is 0 Å². The van der Waals surface area contributed by atoms with Crippen LogP contribution in [0.25, 0.3) is 0 Å². The minimum absolute atomic E-state index is 0.210. The first-order chi connectivity index (χ1) is 12.0. The number of alkyl halides is 3. The predicted molar refractivity (Wildman–Crippen MR) is 88.7 cm³/mol. The number of anilines is 1. The van der Waals surface area contributed by atoms with Crippen molar-refractivity contribution < 1.29 is 26.4 Å². The van der Waals surface area contributed by atoms with Crippen LogP contribution in [0.2, 0.25) is 0 Å². The normalized spacial score (nSPS) is 12.1. The number of aromatic nitrogens is 2. The third-order valence-corrected chi connectivity index (χ3v) is 5.38. The highest BCUT2D eigenvalue weighted by Crippen LogP contribution is 2.31. The Morgan fingerprint density at radius 1 is 1.19 bits per heavy atom. The third-order valence-electron chi connectivity index (χ3n) is 3.64. The Hall–Kier alpha value is -2.49. The highest BCUT2D eigenvalue weighted by molar-refractivity contribution is 7.91. The molecule has 0 saturated heterocycles. The van der Waals surface area contributed by atoms with Gasteiger partial charge in [0.05, 0.1) is 16.2 Å². The van der Waals surface area contributed by atoms with Crippen LogP contribution in [0.4, 0.5) is 19.0 Å². The maximum atomic E-state index is 12.9. The lowest BCUT2D eigenvalue weighted by molar-refractivity contribution is -0.138. The molecule has 0 aliphatic heterocycles. The summed E-state index contributed by atoms with van der Waals surface area (Å²) < 4.78 is 63.2. The molecule has 0 aromatic carbocycles. The monoisotopic (exact) mass is 387 g/mol. The van der Waals surface area contributed by atoms with Gasteiger partial charge >= 0.3 is 6.18 Å². The Morgan fingerprint density at radius 2 is 1.85 bits per heavy atom. The van der Waals surface area contributed by atoms with E-state index in [-0.39, 0.29) is 5.82 Å². The fourth-order valence-corrected chi connectivity index (χ4v) is 3.13. The molecule has 0 N–H and O–H groups in total. The summed E-state index contributed by atoms with van der Waals surface area (Å²) in [6.45, 7) is 3.07. The maximum absolute atomic E-state index is 12.9. The van der Waals surface area contributed by atoms with Crippen LogP contribution >= 0.6 is 0 Å². The molecule has 0 aliphatic rings. The van der Waals surface area contributed by atoms with Crippen LogP contribution in [0.15, 0.2) is 35.5 Å². The van der Waals surface area contributed by atoms with Crippen molar-refractivity contribution in [3.05, 3.63) is 47.4 Å². The molecule has 2 heterocycles. The molecule has 140 valence electrons. The molecule has 2 aromatic rings. The quantitative estimate of drug-likeness (QED) is 0.806. The molecule has 0 spiro atoms. The minimum atomic E-state index is -4.78. The second-order valence-electron chi connectivity index (χ2n) is 5.53. The minimum Gasteiger partial charge on any atom is -0.294 e. The van der Waals surface area contributed by atoms with Gasteiger partial charge in [0, 0.05) is 19.4 Å². The largest absolute Gasteiger partial charge is 0.417 e. The number of amides is 1. The van der Waals surface area contributed by atoms with Gasteiger partial charge in [-0.1, -0.05) is 13.0 Å². The highest BCUT2D eigenvalue weighted by Gasteiger charge is 2.35. The second kappa shape index (κ2) is 7.02. The number of aryl methyl sites for hydroxylation is 1. The van der Waals surface area contributed by atoms with E-state index in [9.17, 15) is 26.4 Å². The van der Waals surface area contributed by atoms with E-state index in [2.05, 4.69) is 9.97 Å². The van der Waals surface area contributed by atoms with Crippen molar-refractivity contribution >= 4 is 21.6 Å². The fraction of sp³-hybridized carbons (Fsp3) is 0.312. The third kappa shape index (κ3) is 4.01. The van der Waals surface area contributed by atoms with Gasteiger partial charge in [-0.05, 0) is 24.6 Å². The summed E-state index contributed by atoms with van der Waals surface area (Å²) in [6, 6.07) is 3.66. The first-order valence-electron chi connectivity index (χ1n) is 7.48. The summed E-state index contributed by atoms with van der Waals surface area (Å²) in [6.07, 6.45) is -2.84. The highest BCUT2D eigenvalue weighted by atomic mass is 32.2. The lowest BCUT2D eigenvalue weighted by Gasteiger charge is -2.18. The standard InChI is InChI=1S/C16H16F3N3O3S/c1-4-26(24,25)12-7-11(16(17,18)19)9-21-14(12)15(23)22(3)13-6-5-10(2)8-20-13/h5-9H,4H2,1-3H3. The average Bonchev–Trinajstić information content (AvgIpc) is 2.59. The molecule has 0 bridgehead atoms. The van der Waals surface area contributed by atoms with Gasteiger partial charge in [-0.15, -0.1) is 0 Å². The van der Waals surface area contributed by atoms with E-state index in [0.29, 0.717) is 12.3 Å². The first kappa shape index (κ1) is 19.8. The number of carbonyl (C=O) groups excluding carboxylic acids is 1. The molecule has 0 aliphatic carbocycles. The fourth-order valence-electron chi connectivity index (χ4n) is 2.07. The zero-order valence-corrected chi connectivity index (χ0v) is 15.0. The summed E-state index contributed by atoms with van der Waals surface area (Å²) in [4.78, 5) is 20.5. The zero-order valence-electron chi connectivity index (χ0n) is 14.2. The van der Waals surface area contributed by atoms with Gasteiger partial charge in [-0.2, -0.15) is 13.2 Å². The first-order valence-corrected chi connectivity index (χ1v) is 9.13. The topological polar surface area (TPSA) is 80.2 Å². The van der Waals surface area contributed by atoms with Crippen molar-refractivity contribution in [3.8, 4) is 0 Å². The van der Waals surface area contributed by atoms with E-state index in [4.69, 9.17) is 0 Å². The molecule has 0 fully saturated rings. The van der Waals surface area contributed by atoms with E-state index in [0.717, 1.165) is 10.5 Å². The van der Waals surface area contributed by atoms with Crippen molar-refractivity contribution in [2.45, 2.75) is 24.9 Å². The van der Waals surface area contributed by atoms with Gasteiger partial charge in [0.1, 0.15) is 11.5 Å². The molecule has 0 atom stereocenters. The number of carbonyl (C=O) groups is 1. The number of pyridine rings is 2. The van der Waals surface area contributed by atoms with Gasteiger partial charge in [0.25, 0.3) is 5.91 Å². The van der Waals surface area contributed by atoms with E-state index in [1.165, 1.54) is 26.2 Å². The van der Waals surface area contributed by atoms with Crippen molar-refractivity contribution in [2.75, 3.05) is 17.7 Å². The lowest BCUT2D eigenvalue weighted by atomic mass is 10.2. The number of rotatable bonds is 4. The molecule has 6 nitrogen and oxygen atoms in total. The SMILES string of the molecule is CCS(=O)(=O)c1cc(C(F)(F)F)cnc1C(=O)N(C)c1ccc(C)cn1. The van der Waals surface area contributed by atoms with Crippen LogP contribution in [0.5, 0.6) is 0 Å².